The SMILES string of the molecule is CCCCC1OC(=O)OC1c1c(OC)cnc2ccc(OC)cc12. The van der Waals surface area contributed by atoms with E-state index in [1.54, 1.807) is 20.4 Å². The fourth-order valence-corrected chi connectivity index (χ4v) is 3.01. The van der Waals surface area contributed by atoms with Crippen LogP contribution in [0, 0.1) is 0 Å². The van der Waals surface area contributed by atoms with Crippen LogP contribution in [0.2, 0.25) is 0 Å². The van der Waals surface area contributed by atoms with E-state index in [9.17, 15) is 4.79 Å². The smallest absolute Gasteiger partial charge is 0.497 e. The second-order valence-electron chi connectivity index (χ2n) is 5.71. The summed E-state index contributed by atoms with van der Waals surface area (Å²) in [6.07, 6.45) is 2.86. The Kier molecular flexibility index (Phi) is 4.74. The minimum absolute atomic E-state index is 0.330. The van der Waals surface area contributed by atoms with Crippen molar-refractivity contribution < 1.29 is 23.7 Å². The molecule has 2 atom stereocenters. The van der Waals surface area contributed by atoms with Gasteiger partial charge < -0.3 is 18.9 Å². The van der Waals surface area contributed by atoms with Gasteiger partial charge in [0.25, 0.3) is 0 Å². The first-order valence-corrected chi connectivity index (χ1v) is 8.05. The van der Waals surface area contributed by atoms with E-state index < -0.39 is 12.3 Å². The summed E-state index contributed by atoms with van der Waals surface area (Å²) in [5.41, 5.74) is 1.55. The van der Waals surface area contributed by atoms with Crippen molar-refractivity contribution >= 4 is 17.1 Å². The van der Waals surface area contributed by atoms with E-state index in [1.807, 2.05) is 18.2 Å². The summed E-state index contributed by atoms with van der Waals surface area (Å²) in [6.45, 7) is 2.10. The van der Waals surface area contributed by atoms with Gasteiger partial charge in [-0.25, -0.2) is 4.79 Å². The predicted octanol–water partition coefficient (Wildman–Crippen LogP) is 4.02. The van der Waals surface area contributed by atoms with Crippen LogP contribution in [0.3, 0.4) is 0 Å². The van der Waals surface area contributed by atoms with Gasteiger partial charge in [-0.1, -0.05) is 13.3 Å². The first-order chi connectivity index (χ1) is 11.7. The fourth-order valence-electron chi connectivity index (χ4n) is 3.01. The van der Waals surface area contributed by atoms with Crippen molar-refractivity contribution in [2.24, 2.45) is 0 Å². The number of unbranched alkanes of at least 4 members (excludes halogenated alkanes) is 1. The molecule has 1 aromatic heterocycles. The molecule has 0 bridgehead atoms. The van der Waals surface area contributed by atoms with E-state index in [4.69, 9.17) is 18.9 Å². The number of hydrogen-bond acceptors (Lipinski definition) is 6. The number of aromatic nitrogens is 1. The largest absolute Gasteiger partial charge is 0.509 e. The summed E-state index contributed by atoms with van der Waals surface area (Å²) in [7, 11) is 3.18. The van der Waals surface area contributed by atoms with Crippen LogP contribution in [-0.4, -0.2) is 31.5 Å². The highest BCUT2D eigenvalue weighted by Crippen LogP contribution is 2.41. The predicted molar refractivity (Wildman–Crippen MR) is 88.5 cm³/mol. The monoisotopic (exact) mass is 331 g/mol. The quantitative estimate of drug-likeness (QED) is 0.745. The molecule has 6 heteroatoms. The number of cyclic esters (lactones) is 2. The van der Waals surface area contributed by atoms with Gasteiger partial charge in [-0.3, -0.25) is 4.98 Å². The second-order valence-corrected chi connectivity index (χ2v) is 5.71. The van der Waals surface area contributed by atoms with Gasteiger partial charge in [0.05, 0.1) is 25.9 Å². The van der Waals surface area contributed by atoms with Gasteiger partial charge in [0.2, 0.25) is 0 Å². The molecule has 1 saturated heterocycles. The minimum atomic E-state index is -0.643. The van der Waals surface area contributed by atoms with Crippen LogP contribution in [0.5, 0.6) is 11.5 Å². The second kappa shape index (κ2) is 6.95. The first kappa shape index (κ1) is 16.4. The van der Waals surface area contributed by atoms with Crippen LogP contribution in [0.25, 0.3) is 10.9 Å². The zero-order valence-corrected chi connectivity index (χ0v) is 14.1. The summed E-state index contributed by atoms with van der Waals surface area (Å²) in [5.74, 6) is 1.27. The summed E-state index contributed by atoms with van der Waals surface area (Å²) < 4.78 is 21.6. The van der Waals surface area contributed by atoms with E-state index >= 15 is 0 Å². The number of methoxy groups -OCH3 is 2. The standard InChI is InChI=1S/C18H21NO5/c1-4-5-6-14-17(24-18(20)23-14)16-12-9-11(21-2)7-8-13(12)19-10-15(16)22-3/h7-10,14,17H,4-6H2,1-3H3. The molecular weight excluding hydrogens is 310 g/mol. The van der Waals surface area contributed by atoms with Gasteiger partial charge in [0.1, 0.15) is 17.6 Å². The molecule has 6 nitrogen and oxygen atoms in total. The lowest BCUT2D eigenvalue weighted by atomic mass is 9.96. The number of fused-ring (bicyclic) bond motifs is 1. The fraction of sp³-hybridized carbons (Fsp3) is 0.444. The number of carbonyl (C=O) groups is 1. The van der Waals surface area contributed by atoms with Crippen molar-refractivity contribution in [1.82, 2.24) is 4.98 Å². The van der Waals surface area contributed by atoms with Crippen molar-refractivity contribution in [3.8, 4) is 11.5 Å². The number of ether oxygens (including phenoxy) is 4. The summed E-state index contributed by atoms with van der Waals surface area (Å²) >= 11 is 0. The molecule has 0 spiro atoms. The molecular formula is C18H21NO5. The molecule has 24 heavy (non-hydrogen) atoms. The molecule has 2 aromatic rings. The van der Waals surface area contributed by atoms with E-state index in [1.165, 1.54) is 0 Å². The van der Waals surface area contributed by atoms with E-state index in [-0.39, 0.29) is 6.10 Å². The highest BCUT2D eigenvalue weighted by atomic mass is 16.8. The van der Waals surface area contributed by atoms with Crippen LogP contribution in [0.1, 0.15) is 37.9 Å². The Morgan fingerprint density at radius 2 is 2.04 bits per heavy atom. The van der Waals surface area contributed by atoms with Crippen molar-refractivity contribution in [2.45, 2.75) is 38.4 Å². The van der Waals surface area contributed by atoms with Crippen LogP contribution >= 0.6 is 0 Å². The molecule has 0 saturated carbocycles. The van der Waals surface area contributed by atoms with Crippen LogP contribution in [-0.2, 0) is 9.47 Å². The number of nitrogens with zero attached hydrogens (tertiary/aromatic N) is 1. The van der Waals surface area contributed by atoms with Gasteiger partial charge in [-0.05, 0) is 31.0 Å². The van der Waals surface area contributed by atoms with E-state index in [0.717, 1.165) is 35.7 Å². The molecule has 0 N–H and O–H groups in total. The summed E-state index contributed by atoms with van der Waals surface area (Å²) in [6, 6.07) is 5.59. The Bertz CT molecular complexity index is 740. The third-order valence-electron chi connectivity index (χ3n) is 4.24. The Labute approximate surface area is 140 Å². The van der Waals surface area contributed by atoms with Crippen LogP contribution in [0.4, 0.5) is 4.79 Å². The third-order valence-corrected chi connectivity index (χ3v) is 4.24. The highest BCUT2D eigenvalue weighted by Gasteiger charge is 2.40. The molecule has 0 amide bonds. The Morgan fingerprint density at radius 1 is 1.21 bits per heavy atom. The van der Waals surface area contributed by atoms with E-state index in [2.05, 4.69) is 11.9 Å². The highest BCUT2D eigenvalue weighted by molar-refractivity contribution is 5.86. The van der Waals surface area contributed by atoms with Crippen molar-refractivity contribution in [3.63, 3.8) is 0 Å². The molecule has 1 aliphatic heterocycles. The molecule has 2 heterocycles. The molecule has 0 radical (unpaired) electrons. The molecule has 128 valence electrons. The number of pyridine rings is 1. The molecule has 1 fully saturated rings. The minimum Gasteiger partial charge on any atom is -0.497 e. The lowest BCUT2D eigenvalue weighted by Gasteiger charge is -2.20. The van der Waals surface area contributed by atoms with Gasteiger partial charge in [0, 0.05) is 10.9 Å². The molecule has 2 unspecified atom stereocenters. The number of rotatable bonds is 6. The maximum absolute atomic E-state index is 11.7. The average molecular weight is 331 g/mol. The molecule has 1 aliphatic rings. The zero-order valence-electron chi connectivity index (χ0n) is 14.1. The van der Waals surface area contributed by atoms with Crippen LogP contribution < -0.4 is 9.47 Å². The van der Waals surface area contributed by atoms with Gasteiger partial charge in [0.15, 0.2) is 6.10 Å². The Balaban J connectivity index is 2.12. The number of hydrogen-bond donors (Lipinski definition) is 0. The lowest BCUT2D eigenvalue weighted by Crippen LogP contribution is -2.16. The normalized spacial score (nSPS) is 19.9. The summed E-state index contributed by atoms with van der Waals surface area (Å²) in [4.78, 5) is 16.1. The van der Waals surface area contributed by atoms with Gasteiger partial charge in [-0.2, -0.15) is 0 Å². The Hall–Kier alpha value is -2.50. The maximum Gasteiger partial charge on any atom is 0.509 e. The molecule has 1 aromatic carbocycles. The average Bonchev–Trinajstić information content (AvgIpc) is 2.98. The third kappa shape index (κ3) is 2.96. The van der Waals surface area contributed by atoms with Crippen molar-refractivity contribution in [3.05, 3.63) is 30.0 Å². The zero-order chi connectivity index (χ0) is 17.1. The van der Waals surface area contributed by atoms with Gasteiger partial charge >= 0.3 is 6.16 Å². The lowest BCUT2D eigenvalue weighted by molar-refractivity contribution is 0.114. The van der Waals surface area contributed by atoms with Crippen molar-refractivity contribution in [2.75, 3.05) is 14.2 Å². The number of benzene rings is 1. The van der Waals surface area contributed by atoms with Crippen molar-refractivity contribution in [1.29, 1.82) is 0 Å². The topological polar surface area (TPSA) is 66.9 Å². The summed E-state index contributed by atoms with van der Waals surface area (Å²) in [5, 5.41) is 0.832. The molecule has 3 rings (SSSR count). The van der Waals surface area contributed by atoms with E-state index in [0.29, 0.717) is 11.5 Å². The van der Waals surface area contributed by atoms with Crippen LogP contribution in [0.15, 0.2) is 24.4 Å². The maximum atomic E-state index is 11.7. The van der Waals surface area contributed by atoms with Gasteiger partial charge in [-0.15, -0.1) is 0 Å². The molecule has 0 aliphatic carbocycles. The first-order valence-electron chi connectivity index (χ1n) is 8.05. The Morgan fingerprint density at radius 3 is 2.75 bits per heavy atom. The number of carbonyl (C=O) groups excluding carboxylic acids is 1.